The van der Waals surface area contributed by atoms with Crippen LogP contribution in [0.25, 0.3) is 11.3 Å². The lowest BCUT2D eigenvalue weighted by Gasteiger charge is -2.27. The van der Waals surface area contributed by atoms with Gasteiger partial charge in [-0.25, -0.2) is 9.97 Å². The van der Waals surface area contributed by atoms with Crippen molar-refractivity contribution in [3.05, 3.63) is 46.6 Å². The van der Waals surface area contributed by atoms with Crippen LogP contribution >= 0.6 is 11.6 Å². The van der Waals surface area contributed by atoms with Gasteiger partial charge in [-0.15, -0.1) is 4.98 Å². The van der Waals surface area contributed by atoms with E-state index in [0.717, 1.165) is 84.0 Å². The van der Waals surface area contributed by atoms with E-state index < -0.39 is 10.8 Å². The molecule has 3 aromatic rings. The summed E-state index contributed by atoms with van der Waals surface area (Å²) in [5.41, 5.74) is 2.47. The van der Waals surface area contributed by atoms with E-state index in [1.165, 1.54) is 0 Å². The number of aromatic nitrogens is 3. The molecule has 1 saturated carbocycles. The van der Waals surface area contributed by atoms with Crippen LogP contribution in [0.1, 0.15) is 48.9 Å². The molecule has 0 radical (unpaired) electrons. The Morgan fingerprint density at radius 3 is 2.69 bits per heavy atom. The molecule has 0 spiro atoms. The fourth-order valence-electron chi connectivity index (χ4n) is 5.00. The van der Waals surface area contributed by atoms with Crippen LogP contribution in [0.3, 0.4) is 0 Å². The average Bonchev–Trinajstić information content (AvgIpc) is 3.38. The van der Waals surface area contributed by atoms with Crippen molar-refractivity contribution in [3.8, 4) is 11.3 Å². The maximum atomic E-state index is 12.6. The maximum absolute atomic E-state index is 12.6. The van der Waals surface area contributed by atoms with E-state index in [1.54, 1.807) is 0 Å². The van der Waals surface area contributed by atoms with Gasteiger partial charge in [-0.1, -0.05) is 11.6 Å². The van der Waals surface area contributed by atoms with E-state index >= 15 is 0 Å². The molecule has 1 saturated heterocycles. The van der Waals surface area contributed by atoms with Crippen molar-refractivity contribution in [2.45, 2.75) is 55.4 Å². The first-order valence-electron chi connectivity index (χ1n) is 12.2. The van der Waals surface area contributed by atoms with Gasteiger partial charge in [0.1, 0.15) is 10.6 Å². The van der Waals surface area contributed by atoms with Gasteiger partial charge in [0, 0.05) is 28.7 Å². The third-order valence-corrected chi connectivity index (χ3v) is 9.05. The normalized spacial score (nSPS) is 21.2. The number of nitrogens with zero attached hydrogens (tertiary/aromatic N) is 3. The fourth-order valence-corrected chi connectivity index (χ4v) is 6.45. The highest BCUT2D eigenvalue weighted by Crippen LogP contribution is 2.40. The van der Waals surface area contributed by atoms with Gasteiger partial charge in [-0.2, -0.15) is 0 Å². The van der Waals surface area contributed by atoms with E-state index in [0.29, 0.717) is 17.2 Å². The Labute approximate surface area is 211 Å². The summed E-state index contributed by atoms with van der Waals surface area (Å²) in [5, 5.41) is 13.9. The Bertz CT molecular complexity index is 1280. The van der Waals surface area contributed by atoms with Crippen molar-refractivity contribution >= 4 is 34.2 Å². The molecule has 2 aliphatic heterocycles. The van der Waals surface area contributed by atoms with Crippen LogP contribution in [0.15, 0.2) is 33.6 Å². The van der Waals surface area contributed by atoms with Gasteiger partial charge in [0.05, 0.1) is 41.7 Å². The number of aryl methyl sites for hydroxylation is 2. The number of aromatic amines is 1. The molecule has 8 nitrogen and oxygen atoms in total. The first kappa shape index (κ1) is 22.9. The number of fused-ring (bicyclic) bond motifs is 1. The van der Waals surface area contributed by atoms with Gasteiger partial charge in [0.15, 0.2) is 11.7 Å². The molecule has 1 aliphatic carbocycles. The van der Waals surface area contributed by atoms with Gasteiger partial charge in [0.25, 0.3) is 0 Å². The number of hydrogen-bond acceptors (Lipinski definition) is 7. The number of benzene rings is 1. The lowest BCUT2D eigenvalue weighted by molar-refractivity contribution is -0.355. The van der Waals surface area contributed by atoms with Crippen molar-refractivity contribution in [2.75, 3.05) is 35.7 Å². The Balaban J connectivity index is 1.20. The molecule has 3 N–H and O–H groups in total. The van der Waals surface area contributed by atoms with Crippen LogP contribution in [0.2, 0.25) is 5.02 Å². The van der Waals surface area contributed by atoms with Crippen molar-refractivity contribution in [3.63, 3.8) is 0 Å². The second-order valence-corrected chi connectivity index (χ2v) is 11.8. The molecule has 184 valence electrons. The minimum atomic E-state index is -1.06. The van der Waals surface area contributed by atoms with Gasteiger partial charge < -0.3 is 14.8 Å². The summed E-state index contributed by atoms with van der Waals surface area (Å²) in [7, 11) is -1.06. The van der Waals surface area contributed by atoms with E-state index in [9.17, 15) is 9.32 Å². The quantitative estimate of drug-likeness (QED) is 0.518. The van der Waals surface area contributed by atoms with E-state index in [2.05, 4.69) is 15.2 Å². The number of rotatable bonds is 6. The van der Waals surface area contributed by atoms with Crippen molar-refractivity contribution < 1.29 is 18.7 Å². The van der Waals surface area contributed by atoms with E-state index in [1.807, 2.05) is 31.2 Å². The number of aliphatic hydroxyl groups excluding tert-OH is 1. The third kappa shape index (κ3) is 4.34. The molecule has 1 aromatic carbocycles. The highest BCUT2D eigenvalue weighted by Gasteiger charge is 2.46. The topological polar surface area (TPSA) is 106 Å². The number of oxazole rings is 1. The molecule has 0 amide bonds. The first-order chi connectivity index (χ1) is 16.9. The zero-order valence-electron chi connectivity index (χ0n) is 19.6. The molecule has 35 heavy (non-hydrogen) atoms. The lowest BCUT2D eigenvalue weighted by Crippen LogP contribution is -2.39. The standard InChI is InChI=1S/C25H28ClN5O3S/c1-15-20(16-2-4-18(26)5-3-16)34-23(27-15)17-6-11-31(12-7-17)24-28-19-8-13-35(33)21(19)22(29-24)30-25(14-32)9-10-25/h2-5,17,32H,6-14H2,1H3,(H,28,29,30)/p+1. The van der Waals surface area contributed by atoms with Gasteiger partial charge in [0.2, 0.25) is 5.82 Å². The SMILES string of the molecule is Cc1nc(C2CCN(c3nc4c(c(NC5(CO)CC5)[nH+]3)S(=O)CC4)CC2)oc1-c1ccc(Cl)cc1. The smallest absolute Gasteiger partial charge is 0.347 e. The lowest BCUT2D eigenvalue weighted by atomic mass is 9.97. The summed E-state index contributed by atoms with van der Waals surface area (Å²) in [4.78, 5) is 16.0. The van der Waals surface area contributed by atoms with Crippen LogP contribution in [-0.4, -0.2) is 50.3 Å². The minimum Gasteiger partial charge on any atom is -0.440 e. The number of H-pyrrole nitrogens is 1. The minimum absolute atomic E-state index is 0.0683. The second kappa shape index (κ2) is 8.87. The Morgan fingerprint density at radius 2 is 2.00 bits per heavy atom. The van der Waals surface area contributed by atoms with E-state index in [-0.39, 0.29) is 18.1 Å². The summed E-state index contributed by atoms with van der Waals surface area (Å²) < 4.78 is 18.9. The highest BCUT2D eigenvalue weighted by atomic mass is 35.5. The molecular formula is C25H29ClN5O3S+. The Hall–Kier alpha value is -2.49. The van der Waals surface area contributed by atoms with Crippen molar-refractivity contribution in [1.82, 2.24) is 9.97 Å². The summed E-state index contributed by atoms with van der Waals surface area (Å²) in [5.74, 6) is 3.98. The summed E-state index contributed by atoms with van der Waals surface area (Å²) in [6.07, 6.45) is 4.35. The van der Waals surface area contributed by atoms with Crippen LogP contribution in [0, 0.1) is 6.92 Å². The molecule has 4 heterocycles. The zero-order chi connectivity index (χ0) is 24.2. The first-order valence-corrected chi connectivity index (χ1v) is 13.9. The number of aliphatic hydroxyl groups is 1. The summed E-state index contributed by atoms with van der Waals surface area (Å²) in [6.45, 7) is 3.68. The molecular weight excluding hydrogens is 486 g/mol. The Morgan fingerprint density at radius 1 is 1.26 bits per heavy atom. The molecule has 0 bridgehead atoms. The molecule has 10 heteroatoms. The van der Waals surface area contributed by atoms with Crippen LogP contribution in [-0.2, 0) is 17.2 Å². The number of anilines is 2. The van der Waals surface area contributed by atoms with Crippen molar-refractivity contribution in [2.24, 2.45) is 0 Å². The monoisotopic (exact) mass is 514 g/mol. The number of nitrogens with one attached hydrogen (secondary N) is 2. The van der Waals surface area contributed by atoms with Crippen LogP contribution < -0.4 is 15.2 Å². The van der Waals surface area contributed by atoms with Crippen molar-refractivity contribution in [1.29, 1.82) is 0 Å². The molecule has 6 rings (SSSR count). The number of hydrogen-bond donors (Lipinski definition) is 2. The van der Waals surface area contributed by atoms with Crippen LogP contribution in [0.4, 0.5) is 11.8 Å². The van der Waals surface area contributed by atoms with E-state index in [4.69, 9.17) is 26.0 Å². The average molecular weight is 515 g/mol. The van der Waals surface area contributed by atoms with Gasteiger partial charge in [-0.3, -0.25) is 9.11 Å². The molecule has 1 atom stereocenters. The zero-order valence-corrected chi connectivity index (χ0v) is 21.2. The Kier molecular flexibility index (Phi) is 5.81. The molecule has 2 aromatic heterocycles. The van der Waals surface area contributed by atoms with Gasteiger partial charge in [-0.05, 0) is 56.9 Å². The predicted octanol–water partition coefficient (Wildman–Crippen LogP) is 3.50. The predicted molar refractivity (Wildman–Crippen MR) is 134 cm³/mol. The number of piperidine rings is 1. The third-order valence-electron chi connectivity index (χ3n) is 7.33. The summed E-state index contributed by atoms with van der Waals surface area (Å²) in [6, 6.07) is 7.64. The largest absolute Gasteiger partial charge is 0.440 e. The molecule has 1 unspecified atom stereocenters. The van der Waals surface area contributed by atoms with Gasteiger partial charge >= 0.3 is 5.95 Å². The highest BCUT2D eigenvalue weighted by molar-refractivity contribution is 7.85. The second-order valence-electron chi connectivity index (χ2n) is 9.81. The molecule has 3 aliphatic rings. The molecule has 2 fully saturated rings. The fraction of sp³-hybridized carbons (Fsp3) is 0.480. The number of halogens is 1. The summed E-state index contributed by atoms with van der Waals surface area (Å²) >= 11 is 6.03. The van der Waals surface area contributed by atoms with Crippen LogP contribution in [0.5, 0.6) is 0 Å². The maximum Gasteiger partial charge on any atom is 0.347 e.